The molecular weight excluding hydrogens is 280 g/mol. The number of hydrogen-bond donors (Lipinski definition) is 1. The summed E-state index contributed by atoms with van der Waals surface area (Å²) >= 11 is 0. The quantitative estimate of drug-likeness (QED) is 0.720. The van der Waals surface area contributed by atoms with Crippen LogP contribution in [0.4, 0.5) is 5.69 Å². The molecule has 0 radical (unpaired) electrons. The largest absolute Gasteiger partial charge is 0.495 e. The van der Waals surface area contributed by atoms with Gasteiger partial charge >= 0.3 is 5.97 Å². The van der Waals surface area contributed by atoms with Gasteiger partial charge in [-0.2, -0.15) is 0 Å². The number of carboxylic acid groups (broad SMARTS) is 1. The average Bonchev–Trinajstić information content (AvgIpc) is 2.50. The Hall–Kier alpha value is -1.75. The van der Waals surface area contributed by atoms with E-state index in [-0.39, 0.29) is 6.42 Å². The predicted molar refractivity (Wildman–Crippen MR) is 89.8 cm³/mol. The molecule has 0 bridgehead atoms. The zero-order chi connectivity index (χ0) is 16.5. The van der Waals surface area contributed by atoms with E-state index < -0.39 is 5.97 Å². The lowest BCUT2D eigenvalue weighted by Gasteiger charge is -2.23. The lowest BCUT2D eigenvalue weighted by atomic mass is 10.1. The molecule has 0 atom stereocenters. The molecule has 1 N–H and O–H groups in total. The molecule has 0 aliphatic carbocycles. The number of benzene rings is 1. The van der Waals surface area contributed by atoms with Crippen molar-refractivity contribution in [1.82, 2.24) is 4.90 Å². The van der Waals surface area contributed by atoms with E-state index in [4.69, 9.17) is 9.84 Å². The zero-order valence-electron chi connectivity index (χ0n) is 14.1. The van der Waals surface area contributed by atoms with Crippen molar-refractivity contribution in [3.63, 3.8) is 0 Å². The van der Waals surface area contributed by atoms with Gasteiger partial charge in [-0.3, -0.25) is 4.79 Å². The van der Waals surface area contributed by atoms with Crippen LogP contribution >= 0.6 is 0 Å². The minimum Gasteiger partial charge on any atom is -0.495 e. The highest BCUT2D eigenvalue weighted by molar-refractivity contribution is 5.66. The molecule has 0 aromatic heterocycles. The van der Waals surface area contributed by atoms with E-state index in [2.05, 4.69) is 31.0 Å². The normalized spacial score (nSPS) is 10.8. The van der Waals surface area contributed by atoms with Crippen molar-refractivity contribution in [2.75, 3.05) is 39.2 Å². The first-order valence-corrected chi connectivity index (χ1v) is 7.76. The predicted octanol–water partition coefficient (Wildman–Crippen LogP) is 2.84. The van der Waals surface area contributed by atoms with E-state index in [0.717, 1.165) is 30.0 Å². The molecule has 0 amide bonds. The maximum atomic E-state index is 10.6. The van der Waals surface area contributed by atoms with Crippen LogP contribution in [0.3, 0.4) is 0 Å². The van der Waals surface area contributed by atoms with Gasteiger partial charge in [0.05, 0.1) is 19.2 Å². The molecule has 124 valence electrons. The SMILES string of the molecule is CCCCN(C)c1ccc(CN(C)CCC(=O)O)cc1OC. The van der Waals surface area contributed by atoms with Gasteiger partial charge in [0.1, 0.15) is 5.75 Å². The first kappa shape index (κ1) is 18.3. The first-order chi connectivity index (χ1) is 10.5. The van der Waals surface area contributed by atoms with Gasteiger partial charge < -0.3 is 19.6 Å². The molecule has 22 heavy (non-hydrogen) atoms. The Morgan fingerprint density at radius 1 is 1.27 bits per heavy atom. The topological polar surface area (TPSA) is 53.0 Å². The molecule has 0 heterocycles. The lowest BCUT2D eigenvalue weighted by molar-refractivity contribution is -0.137. The maximum Gasteiger partial charge on any atom is 0.304 e. The highest BCUT2D eigenvalue weighted by Gasteiger charge is 2.10. The summed E-state index contributed by atoms with van der Waals surface area (Å²) in [5, 5.41) is 8.73. The smallest absolute Gasteiger partial charge is 0.304 e. The van der Waals surface area contributed by atoms with Gasteiger partial charge in [0, 0.05) is 26.7 Å². The Balaban J connectivity index is 2.73. The number of methoxy groups -OCH3 is 1. The average molecular weight is 308 g/mol. The fraction of sp³-hybridized carbons (Fsp3) is 0.588. The van der Waals surface area contributed by atoms with Crippen LogP contribution in [-0.4, -0.2) is 50.3 Å². The minimum absolute atomic E-state index is 0.158. The van der Waals surface area contributed by atoms with Crippen LogP contribution < -0.4 is 9.64 Å². The van der Waals surface area contributed by atoms with Gasteiger partial charge in [-0.25, -0.2) is 0 Å². The molecule has 0 saturated heterocycles. The van der Waals surface area contributed by atoms with Crippen LogP contribution in [0.25, 0.3) is 0 Å². The third kappa shape index (κ3) is 5.93. The second-order valence-corrected chi connectivity index (χ2v) is 5.66. The molecule has 0 unspecified atom stereocenters. The molecular formula is C17H28N2O3. The number of anilines is 1. The number of unbranched alkanes of at least 4 members (excludes halogenated alkanes) is 1. The molecule has 5 heteroatoms. The van der Waals surface area contributed by atoms with Gasteiger partial charge in [0.25, 0.3) is 0 Å². The molecule has 1 aromatic rings. The summed E-state index contributed by atoms with van der Waals surface area (Å²) in [5.41, 5.74) is 2.21. The maximum absolute atomic E-state index is 10.6. The molecule has 0 aliphatic rings. The van der Waals surface area contributed by atoms with E-state index in [1.807, 2.05) is 18.0 Å². The van der Waals surface area contributed by atoms with E-state index in [9.17, 15) is 4.79 Å². The summed E-state index contributed by atoms with van der Waals surface area (Å²) in [6, 6.07) is 6.20. The summed E-state index contributed by atoms with van der Waals surface area (Å²) in [7, 11) is 5.69. The Morgan fingerprint density at radius 2 is 2.00 bits per heavy atom. The first-order valence-electron chi connectivity index (χ1n) is 7.76. The van der Waals surface area contributed by atoms with Crippen molar-refractivity contribution in [3.8, 4) is 5.75 Å². The van der Waals surface area contributed by atoms with Crippen LogP contribution in [-0.2, 0) is 11.3 Å². The standard InChI is InChI=1S/C17H28N2O3/c1-5-6-10-19(3)15-8-7-14(12-16(15)22-4)13-18(2)11-9-17(20)21/h7-8,12H,5-6,9-11,13H2,1-4H3,(H,20,21). The molecule has 1 rings (SSSR count). The summed E-state index contributed by atoms with van der Waals surface area (Å²) < 4.78 is 5.51. The molecule has 5 nitrogen and oxygen atoms in total. The molecule has 1 aromatic carbocycles. The van der Waals surface area contributed by atoms with Crippen molar-refractivity contribution >= 4 is 11.7 Å². The van der Waals surface area contributed by atoms with Crippen LogP contribution in [0.15, 0.2) is 18.2 Å². The van der Waals surface area contributed by atoms with E-state index in [1.165, 1.54) is 6.42 Å². The van der Waals surface area contributed by atoms with Crippen molar-refractivity contribution in [2.24, 2.45) is 0 Å². The fourth-order valence-electron chi connectivity index (χ4n) is 2.33. The van der Waals surface area contributed by atoms with Gasteiger partial charge in [-0.15, -0.1) is 0 Å². The number of rotatable bonds is 10. The van der Waals surface area contributed by atoms with Gasteiger partial charge in [0.2, 0.25) is 0 Å². The number of aliphatic carboxylic acids is 1. The highest BCUT2D eigenvalue weighted by Crippen LogP contribution is 2.29. The third-order valence-electron chi connectivity index (χ3n) is 3.66. The summed E-state index contributed by atoms with van der Waals surface area (Å²) in [5.74, 6) is 0.0973. The number of ether oxygens (including phenoxy) is 1. The van der Waals surface area contributed by atoms with Gasteiger partial charge in [0.15, 0.2) is 0 Å². The number of hydrogen-bond acceptors (Lipinski definition) is 4. The zero-order valence-corrected chi connectivity index (χ0v) is 14.1. The third-order valence-corrected chi connectivity index (χ3v) is 3.66. The van der Waals surface area contributed by atoms with Crippen molar-refractivity contribution in [3.05, 3.63) is 23.8 Å². The van der Waals surface area contributed by atoms with Crippen molar-refractivity contribution < 1.29 is 14.6 Å². The van der Waals surface area contributed by atoms with E-state index in [1.54, 1.807) is 7.11 Å². The van der Waals surface area contributed by atoms with Crippen LogP contribution in [0.2, 0.25) is 0 Å². The summed E-state index contributed by atoms with van der Waals surface area (Å²) in [6.45, 7) is 4.43. The number of nitrogens with zero attached hydrogens (tertiary/aromatic N) is 2. The second kappa shape index (κ2) is 9.30. The van der Waals surface area contributed by atoms with E-state index in [0.29, 0.717) is 13.1 Å². The number of carbonyl (C=O) groups is 1. The lowest BCUT2D eigenvalue weighted by Crippen LogP contribution is -2.22. The summed E-state index contributed by atoms with van der Waals surface area (Å²) in [6.07, 6.45) is 2.48. The van der Waals surface area contributed by atoms with Crippen molar-refractivity contribution in [2.45, 2.75) is 32.7 Å². The summed E-state index contributed by atoms with van der Waals surface area (Å²) in [4.78, 5) is 14.8. The molecule has 0 fully saturated rings. The van der Waals surface area contributed by atoms with Crippen LogP contribution in [0, 0.1) is 0 Å². The Morgan fingerprint density at radius 3 is 2.59 bits per heavy atom. The molecule has 0 saturated carbocycles. The highest BCUT2D eigenvalue weighted by atomic mass is 16.5. The van der Waals surface area contributed by atoms with Crippen LogP contribution in [0.1, 0.15) is 31.7 Å². The van der Waals surface area contributed by atoms with Gasteiger partial charge in [-0.05, 0) is 31.2 Å². The van der Waals surface area contributed by atoms with E-state index >= 15 is 0 Å². The van der Waals surface area contributed by atoms with Gasteiger partial charge in [-0.1, -0.05) is 19.4 Å². The molecule has 0 spiro atoms. The second-order valence-electron chi connectivity index (χ2n) is 5.66. The monoisotopic (exact) mass is 308 g/mol. The van der Waals surface area contributed by atoms with Crippen molar-refractivity contribution in [1.29, 1.82) is 0 Å². The van der Waals surface area contributed by atoms with Crippen LogP contribution in [0.5, 0.6) is 5.75 Å². The Labute approximate surface area is 133 Å². The molecule has 0 aliphatic heterocycles. The fourth-order valence-corrected chi connectivity index (χ4v) is 2.33. The Bertz CT molecular complexity index is 477. The minimum atomic E-state index is -0.766. The Kier molecular flexibility index (Phi) is 7.74. The number of carboxylic acids is 1.